The molecule has 1 rings (SSSR count). The fraction of sp³-hybridized carbons (Fsp3) is 0.714. The van der Waals surface area contributed by atoms with Gasteiger partial charge in [-0.15, -0.1) is 0 Å². The fourth-order valence-electron chi connectivity index (χ4n) is 0.947. The van der Waals surface area contributed by atoms with E-state index in [2.05, 4.69) is 9.47 Å². The zero-order valence-electron chi connectivity index (χ0n) is 6.91. The number of carbonyl (C=O) groups is 2. The Kier molecular flexibility index (Phi) is 2.90. The molecule has 1 heterocycles. The van der Waals surface area contributed by atoms with E-state index in [0.717, 1.165) is 0 Å². The second-order valence-electron chi connectivity index (χ2n) is 2.45. The summed E-state index contributed by atoms with van der Waals surface area (Å²) < 4.78 is 9.22. The smallest absolute Gasteiger partial charge is 0.432 e. The third kappa shape index (κ3) is 2.41. The lowest BCUT2D eigenvalue weighted by Gasteiger charge is -2.22. The highest BCUT2D eigenvalue weighted by Crippen LogP contribution is 1.96. The Morgan fingerprint density at radius 3 is 2.25 bits per heavy atom. The van der Waals surface area contributed by atoms with Gasteiger partial charge < -0.3 is 14.4 Å². The van der Waals surface area contributed by atoms with E-state index in [1.165, 1.54) is 6.92 Å². The second kappa shape index (κ2) is 3.94. The number of cyclic esters (lactones) is 2. The van der Waals surface area contributed by atoms with Crippen molar-refractivity contribution in [1.29, 1.82) is 0 Å². The number of ether oxygens (including phenoxy) is 2. The highest BCUT2D eigenvalue weighted by atomic mass is 16.7. The molecule has 1 fully saturated rings. The summed E-state index contributed by atoms with van der Waals surface area (Å²) in [7, 11) is 0. The molecule has 0 atom stereocenters. The summed E-state index contributed by atoms with van der Waals surface area (Å²) in [5.41, 5.74) is 0. The van der Waals surface area contributed by atoms with Gasteiger partial charge in [0.1, 0.15) is 13.2 Å². The molecule has 0 aromatic rings. The van der Waals surface area contributed by atoms with Crippen molar-refractivity contribution in [3.05, 3.63) is 0 Å². The van der Waals surface area contributed by atoms with E-state index >= 15 is 0 Å². The number of carbonyl (C=O) groups excluding carboxylic acids is 2. The molecule has 0 saturated carbocycles. The van der Waals surface area contributed by atoms with Gasteiger partial charge in [0.25, 0.3) is 0 Å². The summed E-state index contributed by atoms with van der Waals surface area (Å²) in [6.45, 7) is 2.79. The van der Waals surface area contributed by atoms with Crippen molar-refractivity contribution >= 4 is 12.1 Å². The Bertz CT molecular complexity index is 180. The van der Waals surface area contributed by atoms with Crippen LogP contribution in [0.5, 0.6) is 0 Å². The normalized spacial score (nSPS) is 18.8. The van der Waals surface area contributed by atoms with E-state index in [0.29, 0.717) is 13.1 Å². The molecule has 0 bridgehead atoms. The second-order valence-corrected chi connectivity index (χ2v) is 2.45. The van der Waals surface area contributed by atoms with Gasteiger partial charge in [-0.1, -0.05) is 0 Å². The minimum absolute atomic E-state index is 0.0310. The van der Waals surface area contributed by atoms with E-state index < -0.39 is 6.16 Å². The average Bonchev–Trinajstić information content (AvgIpc) is 1.95. The zero-order valence-corrected chi connectivity index (χ0v) is 6.91. The summed E-state index contributed by atoms with van der Waals surface area (Å²) in [4.78, 5) is 23.0. The molecule has 0 aromatic heterocycles. The summed E-state index contributed by atoms with van der Waals surface area (Å²) in [6, 6.07) is 0. The molecule has 0 unspecified atom stereocenters. The van der Waals surface area contributed by atoms with Crippen molar-refractivity contribution in [3.8, 4) is 0 Å². The first-order chi connectivity index (χ1) is 5.70. The van der Waals surface area contributed by atoms with Gasteiger partial charge in [0.15, 0.2) is 0 Å². The van der Waals surface area contributed by atoms with Gasteiger partial charge in [-0.25, -0.2) is 4.79 Å². The van der Waals surface area contributed by atoms with Crippen LogP contribution in [0.1, 0.15) is 6.92 Å². The Hall–Kier alpha value is -1.26. The van der Waals surface area contributed by atoms with Crippen LogP contribution in [0.3, 0.4) is 0 Å². The molecule has 5 heteroatoms. The Labute approximate surface area is 70.2 Å². The van der Waals surface area contributed by atoms with Gasteiger partial charge in [-0.2, -0.15) is 0 Å². The predicted molar refractivity (Wildman–Crippen MR) is 39.6 cm³/mol. The molecule has 1 saturated heterocycles. The summed E-state index contributed by atoms with van der Waals surface area (Å²) in [6.07, 6.45) is -0.654. The molecule has 5 nitrogen and oxygen atoms in total. The van der Waals surface area contributed by atoms with Gasteiger partial charge in [-0.05, 0) is 0 Å². The first kappa shape index (κ1) is 8.83. The quantitative estimate of drug-likeness (QED) is 0.484. The summed E-state index contributed by atoms with van der Waals surface area (Å²) >= 11 is 0. The van der Waals surface area contributed by atoms with Crippen molar-refractivity contribution in [2.24, 2.45) is 0 Å². The standard InChI is InChI=1S/C7H11NO4/c1-6(9)8-2-4-11-7(10)12-5-3-8/h2-5H2,1H3. The molecule has 0 aromatic carbocycles. The maximum Gasteiger partial charge on any atom is 0.508 e. The number of hydrogen-bond donors (Lipinski definition) is 0. The minimum atomic E-state index is -0.654. The Morgan fingerprint density at radius 1 is 1.33 bits per heavy atom. The van der Waals surface area contributed by atoms with Crippen molar-refractivity contribution < 1.29 is 19.1 Å². The number of rotatable bonds is 0. The van der Waals surface area contributed by atoms with Crippen LogP contribution in [0.15, 0.2) is 0 Å². The lowest BCUT2D eigenvalue weighted by atomic mass is 10.4. The van der Waals surface area contributed by atoms with E-state index in [1.807, 2.05) is 0 Å². The predicted octanol–water partition coefficient (Wildman–Crippen LogP) is 0.00170. The van der Waals surface area contributed by atoms with Crippen LogP contribution in [0, 0.1) is 0 Å². The highest BCUT2D eigenvalue weighted by Gasteiger charge is 2.14. The maximum atomic E-state index is 10.9. The SMILES string of the molecule is CC(=O)N1CCOC(=O)OCC1. The molecule has 0 N–H and O–H groups in total. The lowest BCUT2D eigenvalue weighted by molar-refractivity contribution is -0.131. The van der Waals surface area contributed by atoms with Crippen LogP contribution >= 0.6 is 0 Å². The van der Waals surface area contributed by atoms with Crippen molar-refractivity contribution in [1.82, 2.24) is 4.90 Å². The van der Waals surface area contributed by atoms with E-state index in [4.69, 9.17) is 0 Å². The van der Waals surface area contributed by atoms with Crippen LogP contribution in [0.2, 0.25) is 0 Å². The van der Waals surface area contributed by atoms with Gasteiger partial charge in [0.05, 0.1) is 13.1 Å². The zero-order chi connectivity index (χ0) is 8.97. The summed E-state index contributed by atoms with van der Waals surface area (Å²) in [5, 5.41) is 0. The molecule has 1 amide bonds. The highest BCUT2D eigenvalue weighted by molar-refractivity contribution is 5.73. The van der Waals surface area contributed by atoms with Crippen LogP contribution < -0.4 is 0 Å². The van der Waals surface area contributed by atoms with Crippen LogP contribution in [0.4, 0.5) is 4.79 Å². The molecule has 0 aliphatic carbocycles. The molecule has 0 spiro atoms. The lowest BCUT2D eigenvalue weighted by Crippen LogP contribution is -2.37. The van der Waals surface area contributed by atoms with Gasteiger partial charge >= 0.3 is 6.16 Å². The minimum Gasteiger partial charge on any atom is -0.432 e. The molecule has 0 radical (unpaired) electrons. The monoisotopic (exact) mass is 173 g/mol. The fourth-order valence-corrected chi connectivity index (χ4v) is 0.947. The van der Waals surface area contributed by atoms with Gasteiger partial charge in [-0.3, -0.25) is 4.79 Å². The third-order valence-electron chi connectivity index (χ3n) is 1.61. The largest absolute Gasteiger partial charge is 0.508 e. The topological polar surface area (TPSA) is 55.8 Å². The van der Waals surface area contributed by atoms with Gasteiger partial charge in [0, 0.05) is 6.92 Å². The third-order valence-corrected chi connectivity index (χ3v) is 1.61. The van der Waals surface area contributed by atoms with Gasteiger partial charge in [0.2, 0.25) is 5.91 Å². The van der Waals surface area contributed by atoms with E-state index in [9.17, 15) is 9.59 Å². The molecule has 12 heavy (non-hydrogen) atoms. The van der Waals surface area contributed by atoms with Crippen molar-refractivity contribution in [2.45, 2.75) is 6.92 Å². The van der Waals surface area contributed by atoms with Crippen LogP contribution in [-0.4, -0.2) is 43.3 Å². The molecule has 1 aliphatic rings. The number of amides is 1. The first-order valence-electron chi connectivity index (χ1n) is 3.75. The van der Waals surface area contributed by atoms with Crippen LogP contribution in [0.25, 0.3) is 0 Å². The maximum absolute atomic E-state index is 10.9. The van der Waals surface area contributed by atoms with E-state index in [1.54, 1.807) is 4.90 Å². The van der Waals surface area contributed by atoms with Crippen molar-refractivity contribution in [2.75, 3.05) is 26.3 Å². The average molecular weight is 173 g/mol. The number of hydrogen-bond acceptors (Lipinski definition) is 4. The Morgan fingerprint density at radius 2 is 1.83 bits per heavy atom. The molecule has 68 valence electrons. The summed E-state index contributed by atoms with van der Waals surface area (Å²) in [5.74, 6) is -0.0310. The molecular formula is C7H11NO4. The van der Waals surface area contributed by atoms with Crippen LogP contribution in [-0.2, 0) is 14.3 Å². The van der Waals surface area contributed by atoms with Crippen molar-refractivity contribution in [3.63, 3.8) is 0 Å². The Balaban J connectivity index is 2.40. The van der Waals surface area contributed by atoms with E-state index in [-0.39, 0.29) is 19.1 Å². The molecular weight excluding hydrogens is 162 g/mol. The first-order valence-corrected chi connectivity index (χ1v) is 3.75. The molecule has 1 aliphatic heterocycles. The number of nitrogens with zero attached hydrogens (tertiary/aromatic N) is 1.